The number of hydrogen-bond acceptors (Lipinski definition) is 5. The summed E-state index contributed by atoms with van der Waals surface area (Å²) in [7, 11) is -4.26. The topological polar surface area (TPSA) is 96.0 Å². The predicted octanol–water partition coefficient (Wildman–Crippen LogP) is 6.62. The molecule has 43 heavy (non-hydrogen) atoms. The van der Waals surface area contributed by atoms with Gasteiger partial charge in [-0.3, -0.25) is 13.9 Å². The van der Waals surface area contributed by atoms with Crippen LogP contribution in [0.25, 0.3) is 0 Å². The van der Waals surface area contributed by atoms with Crippen molar-refractivity contribution >= 4 is 50.7 Å². The van der Waals surface area contributed by atoms with E-state index in [-0.39, 0.29) is 36.1 Å². The van der Waals surface area contributed by atoms with Gasteiger partial charge in [0.15, 0.2) is 0 Å². The lowest BCUT2D eigenvalue weighted by molar-refractivity contribution is -0.141. The van der Waals surface area contributed by atoms with Gasteiger partial charge in [-0.2, -0.15) is 0 Å². The Hall–Kier alpha value is -3.27. The molecule has 0 fully saturated rings. The molecule has 0 bridgehead atoms. The molecule has 0 aliphatic carbocycles. The van der Waals surface area contributed by atoms with Gasteiger partial charge in [-0.1, -0.05) is 66.0 Å². The number of anilines is 1. The third kappa shape index (κ3) is 8.65. The second kappa shape index (κ2) is 14.5. The Bertz CT molecular complexity index is 1520. The van der Waals surface area contributed by atoms with Crippen LogP contribution in [0.3, 0.4) is 0 Å². The van der Waals surface area contributed by atoms with Crippen LogP contribution in [-0.2, 0) is 26.2 Å². The maximum atomic E-state index is 14.3. The molecule has 1 N–H and O–H groups in total. The molecule has 2 amide bonds. The normalized spacial score (nSPS) is 12.4. The quantitative estimate of drug-likeness (QED) is 0.238. The molecule has 8 nitrogen and oxygen atoms in total. The molecule has 0 saturated heterocycles. The minimum atomic E-state index is -4.26. The third-order valence-electron chi connectivity index (χ3n) is 6.60. The average molecular weight is 649 g/mol. The summed E-state index contributed by atoms with van der Waals surface area (Å²) in [5, 5.41) is 3.59. The van der Waals surface area contributed by atoms with Crippen molar-refractivity contribution < 1.29 is 22.7 Å². The summed E-state index contributed by atoms with van der Waals surface area (Å²) >= 11 is 13.0. The first-order valence-electron chi connectivity index (χ1n) is 14.0. The van der Waals surface area contributed by atoms with E-state index in [1.165, 1.54) is 17.0 Å². The van der Waals surface area contributed by atoms with Crippen LogP contribution in [0.15, 0.2) is 71.6 Å². The fourth-order valence-corrected chi connectivity index (χ4v) is 6.46. The molecule has 3 rings (SSSR count). The molecule has 0 radical (unpaired) electrons. The molecule has 3 aromatic carbocycles. The highest BCUT2D eigenvalue weighted by Crippen LogP contribution is 2.33. The molecular formula is C32H39Cl2N3O5S. The minimum Gasteiger partial charge on any atom is -0.492 e. The summed E-state index contributed by atoms with van der Waals surface area (Å²) in [4.78, 5) is 29.2. The Balaban J connectivity index is 2.16. The van der Waals surface area contributed by atoms with Crippen LogP contribution in [0, 0.1) is 6.92 Å². The molecule has 0 saturated carbocycles. The Kier molecular flexibility index (Phi) is 11.5. The largest absolute Gasteiger partial charge is 0.492 e. The maximum Gasteiger partial charge on any atom is 0.264 e. The smallest absolute Gasteiger partial charge is 0.264 e. The number of halogens is 2. The number of nitrogens with one attached hydrogen (secondary N) is 1. The van der Waals surface area contributed by atoms with Gasteiger partial charge in [0.1, 0.15) is 18.3 Å². The lowest BCUT2D eigenvalue weighted by Crippen LogP contribution is -2.55. The highest BCUT2D eigenvalue weighted by Gasteiger charge is 2.36. The fourth-order valence-electron chi connectivity index (χ4n) is 4.52. The first-order chi connectivity index (χ1) is 20.2. The molecule has 1 atom stereocenters. The molecular weight excluding hydrogens is 609 g/mol. The van der Waals surface area contributed by atoms with E-state index in [0.29, 0.717) is 21.4 Å². The maximum absolute atomic E-state index is 14.3. The Morgan fingerprint density at radius 1 is 0.930 bits per heavy atom. The van der Waals surface area contributed by atoms with Crippen LogP contribution in [-0.4, -0.2) is 49.9 Å². The van der Waals surface area contributed by atoms with Crippen LogP contribution < -0.4 is 14.4 Å². The van der Waals surface area contributed by atoms with Crippen molar-refractivity contribution in [3.63, 3.8) is 0 Å². The molecule has 0 aromatic heterocycles. The summed E-state index contributed by atoms with van der Waals surface area (Å²) in [6, 6.07) is 17.1. The van der Waals surface area contributed by atoms with Crippen LogP contribution >= 0.6 is 23.2 Å². The van der Waals surface area contributed by atoms with E-state index in [1.807, 2.05) is 27.7 Å². The standard InChI is InChI=1S/C32H39Cl2N3O5S/c1-7-27(31(39)35-32(4,5)6)36(20-24-25(33)12-11-13-26(24)34)30(38)21-37(28-14-9-10-15-29(28)42-8-2)43(40,41)23-18-16-22(3)17-19-23/h9-19,27H,7-8,20-21H2,1-6H3,(H,35,39). The zero-order chi connectivity index (χ0) is 31.9. The van der Waals surface area contributed by atoms with Crippen molar-refractivity contribution in [1.29, 1.82) is 0 Å². The van der Waals surface area contributed by atoms with E-state index in [4.69, 9.17) is 27.9 Å². The van der Waals surface area contributed by atoms with E-state index >= 15 is 0 Å². The third-order valence-corrected chi connectivity index (χ3v) is 9.08. The van der Waals surface area contributed by atoms with Gasteiger partial charge in [-0.15, -0.1) is 0 Å². The zero-order valence-corrected chi connectivity index (χ0v) is 27.7. The molecule has 0 aliphatic heterocycles. The van der Waals surface area contributed by atoms with E-state index < -0.39 is 34.1 Å². The average Bonchev–Trinajstić information content (AvgIpc) is 2.93. The Morgan fingerprint density at radius 3 is 2.09 bits per heavy atom. The van der Waals surface area contributed by atoms with E-state index in [1.54, 1.807) is 68.4 Å². The van der Waals surface area contributed by atoms with Crippen molar-refractivity contribution in [2.75, 3.05) is 17.5 Å². The minimum absolute atomic E-state index is 0.00965. The van der Waals surface area contributed by atoms with Crippen molar-refractivity contribution in [2.24, 2.45) is 0 Å². The van der Waals surface area contributed by atoms with Gasteiger partial charge in [0.2, 0.25) is 11.8 Å². The van der Waals surface area contributed by atoms with Gasteiger partial charge in [-0.25, -0.2) is 8.42 Å². The number of ether oxygens (including phenoxy) is 1. The number of para-hydroxylation sites is 2. The van der Waals surface area contributed by atoms with Crippen LogP contribution in [0.2, 0.25) is 10.0 Å². The van der Waals surface area contributed by atoms with Gasteiger partial charge < -0.3 is 15.0 Å². The number of sulfonamides is 1. The Labute approximate surface area is 265 Å². The lowest BCUT2D eigenvalue weighted by atomic mass is 10.1. The van der Waals surface area contributed by atoms with Crippen LogP contribution in [0.5, 0.6) is 5.75 Å². The number of carbonyl (C=O) groups excluding carboxylic acids is 2. The fraction of sp³-hybridized carbons (Fsp3) is 0.375. The molecule has 0 heterocycles. The summed E-state index contributed by atoms with van der Waals surface area (Å²) in [6.07, 6.45) is 0.260. The van der Waals surface area contributed by atoms with Gasteiger partial charge >= 0.3 is 0 Å². The number of amides is 2. The predicted molar refractivity (Wildman–Crippen MR) is 172 cm³/mol. The molecule has 11 heteroatoms. The van der Waals surface area contributed by atoms with E-state index in [9.17, 15) is 18.0 Å². The SMILES string of the molecule is CCOc1ccccc1N(CC(=O)N(Cc1c(Cl)cccc1Cl)C(CC)C(=O)NC(C)(C)C)S(=O)(=O)c1ccc(C)cc1. The highest BCUT2D eigenvalue weighted by molar-refractivity contribution is 7.92. The molecule has 1 unspecified atom stereocenters. The number of rotatable bonds is 12. The lowest BCUT2D eigenvalue weighted by Gasteiger charge is -2.35. The first kappa shape index (κ1) is 34.2. The van der Waals surface area contributed by atoms with Crippen molar-refractivity contribution in [3.8, 4) is 5.75 Å². The van der Waals surface area contributed by atoms with E-state index in [0.717, 1.165) is 9.87 Å². The Morgan fingerprint density at radius 2 is 1.53 bits per heavy atom. The van der Waals surface area contributed by atoms with Crippen LogP contribution in [0.1, 0.15) is 52.2 Å². The molecule has 0 aliphatic rings. The number of benzene rings is 3. The summed E-state index contributed by atoms with van der Waals surface area (Å²) < 4.78 is 35.1. The number of hydrogen-bond donors (Lipinski definition) is 1. The molecule has 0 spiro atoms. The van der Waals surface area contributed by atoms with Crippen molar-refractivity contribution in [3.05, 3.63) is 87.9 Å². The van der Waals surface area contributed by atoms with Gasteiger partial charge in [-0.05, 0) is 77.4 Å². The van der Waals surface area contributed by atoms with Crippen LogP contribution in [0.4, 0.5) is 5.69 Å². The number of nitrogens with zero attached hydrogens (tertiary/aromatic N) is 2. The van der Waals surface area contributed by atoms with Gasteiger partial charge in [0.05, 0.1) is 17.2 Å². The summed E-state index contributed by atoms with van der Waals surface area (Å²) in [6.45, 7) is 10.5. The zero-order valence-electron chi connectivity index (χ0n) is 25.4. The van der Waals surface area contributed by atoms with E-state index in [2.05, 4.69) is 5.32 Å². The second-order valence-corrected chi connectivity index (χ2v) is 13.8. The van der Waals surface area contributed by atoms with Crippen molar-refractivity contribution in [1.82, 2.24) is 10.2 Å². The second-order valence-electron chi connectivity index (χ2n) is 11.1. The number of carbonyl (C=O) groups is 2. The molecule has 3 aromatic rings. The van der Waals surface area contributed by atoms with Gasteiger partial charge in [0, 0.05) is 27.7 Å². The monoisotopic (exact) mass is 647 g/mol. The number of aryl methyl sites for hydroxylation is 1. The molecule has 232 valence electrons. The van der Waals surface area contributed by atoms with Crippen molar-refractivity contribution in [2.45, 2.75) is 71.0 Å². The first-order valence-corrected chi connectivity index (χ1v) is 16.2. The summed E-state index contributed by atoms with van der Waals surface area (Å²) in [5.41, 5.74) is 0.957. The van der Waals surface area contributed by atoms with Gasteiger partial charge in [0.25, 0.3) is 10.0 Å². The summed E-state index contributed by atoms with van der Waals surface area (Å²) in [5.74, 6) is -0.699. The highest BCUT2D eigenvalue weighted by atomic mass is 35.5.